The monoisotopic (exact) mass is 321 g/mol. The topological polar surface area (TPSA) is 46.2 Å². The van der Waals surface area contributed by atoms with Gasteiger partial charge in [-0.1, -0.05) is 41.4 Å². The minimum atomic E-state index is -0.119. The van der Waals surface area contributed by atoms with E-state index in [0.717, 1.165) is 5.56 Å². The molecule has 0 unspecified atom stereocenters. The number of halogens is 1. The third kappa shape index (κ3) is 4.99. The van der Waals surface area contributed by atoms with E-state index in [4.69, 9.17) is 11.6 Å². The Balaban J connectivity index is 1.74. The van der Waals surface area contributed by atoms with Crippen LogP contribution in [0.15, 0.2) is 36.4 Å². The lowest BCUT2D eigenvalue weighted by atomic mass is 10.1. The van der Waals surface area contributed by atoms with Crippen molar-refractivity contribution in [1.82, 2.24) is 5.32 Å². The van der Waals surface area contributed by atoms with Gasteiger partial charge in [0.1, 0.15) is 0 Å². The van der Waals surface area contributed by atoms with Gasteiger partial charge in [-0.25, -0.2) is 0 Å². The maximum atomic E-state index is 11.8. The van der Waals surface area contributed by atoms with Gasteiger partial charge in [-0.2, -0.15) is 0 Å². The molecule has 110 valence electrons. The Labute approximate surface area is 132 Å². The molecule has 0 spiro atoms. The molecule has 5 heteroatoms. The third-order valence-electron chi connectivity index (χ3n) is 3.04. The van der Waals surface area contributed by atoms with Crippen molar-refractivity contribution in [2.75, 3.05) is 0 Å². The molecule has 0 aliphatic heterocycles. The summed E-state index contributed by atoms with van der Waals surface area (Å²) in [5.41, 5.74) is 2.23. The molecule has 0 fully saturated rings. The number of hydrogen-bond acceptors (Lipinski definition) is 3. The Morgan fingerprint density at radius 1 is 1.10 bits per heavy atom. The highest BCUT2D eigenvalue weighted by Crippen LogP contribution is 2.22. The van der Waals surface area contributed by atoms with Gasteiger partial charge in [-0.05, 0) is 24.6 Å². The van der Waals surface area contributed by atoms with Gasteiger partial charge < -0.3 is 5.32 Å². The average Bonchev–Trinajstić information content (AvgIpc) is 2.91. The first-order chi connectivity index (χ1) is 10.0. The number of benzene rings is 1. The lowest BCUT2D eigenvalue weighted by Gasteiger charge is -2.05. The zero-order valence-corrected chi connectivity index (χ0v) is 13.3. The highest BCUT2D eigenvalue weighted by molar-refractivity contribution is 7.18. The van der Waals surface area contributed by atoms with Crippen LogP contribution in [0, 0.1) is 6.92 Å². The fraction of sp³-hybridized carbons (Fsp3) is 0.250. The molecule has 2 rings (SSSR count). The zero-order chi connectivity index (χ0) is 15.2. The molecule has 0 aliphatic rings. The summed E-state index contributed by atoms with van der Waals surface area (Å²) in [7, 11) is 0. The summed E-state index contributed by atoms with van der Waals surface area (Å²) in [5.74, 6) is -0.163. The van der Waals surface area contributed by atoms with Crippen molar-refractivity contribution in [3.63, 3.8) is 0 Å². The van der Waals surface area contributed by atoms with E-state index in [9.17, 15) is 9.59 Å². The number of aryl methyl sites for hydroxylation is 1. The molecule has 0 saturated heterocycles. The summed E-state index contributed by atoms with van der Waals surface area (Å²) < 4.78 is 0.585. The van der Waals surface area contributed by atoms with E-state index in [0.29, 0.717) is 15.8 Å². The van der Waals surface area contributed by atoms with Crippen LogP contribution in [-0.2, 0) is 11.3 Å². The van der Waals surface area contributed by atoms with Gasteiger partial charge in [0.05, 0.1) is 9.21 Å². The van der Waals surface area contributed by atoms with Crippen molar-refractivity contribution in [1.29, 1.82) is 0 Å². The maximum absolute atomic E-state index is 11.8. The zero-order valence-electron chi connectivity index (χ0n) is 11.7. The number of carbonyl (C=O) groups excluding carboxylic acids is 2. The highest BCUT2D eigenvalue weighted by Gasteiger charge is 2.11. The van der Waals surface area contributed by atoms with Crippen molar-refractivity contribution >= 4 is 34.6 Å². The number of amides is 1. The predicted molar refractivity (Wildman–Crippen MR) is 85.9 cm³/mol. The van der Waals surface area contributed by atoms with Gasteiger partial charge in [0.15, 0.2) is 5.78 Å². The maximum Gasteiger partial charge on any atom is 0.220 e. The van der Waals surface area contributed by atoms with Gasteiger partial charge in [0.25, 0.3) is 0 Å². The first-order valence-corrected chi connectivity index (χ1v) is 7.85. The molecule has 0 aliphatic carbocycles. The second-order valence-corrected chi connectivity index (χ2v) is 6.50. The van der Waals surface area contributed by atoms with E-state index in [-0.39, 0.29) is 24.5 Å². The van der Waals surface area contributed by atoms with E-state index in [1.165, 1.54) is 16.9 Å². The van der Waals surface area contributed by atoms with Crippen LogP contribution in [0.4, 0.5) is 0 Å². The molecule has 1 amide bonds. The predicted octanol–water partition coefficient (Wildman–Crippen LogP) is 3.99. The first-order valence-electron chi connectivity index (χ1n) is 6.65. The Kier molecular flexibility index (Phi) is 5.53. The van der Waals surface area contributed by atoms with Gasteiger partial charge in [0, 0.05) is 19.4 Å². The Morgan fingerprint density at radius 2 is 1.81 bits per heavy atom. The smallest absolute Gasteiger partial charge is 0.220 e. The molecule has 2 aromatic rings. The Hall–Kier alpha value is -1.65. The van der Waals surface area contributed by atoms with Crippen LogP contribution in [0.1, 0.15) is 33.6 Å². The number of thiophene rings is 1. The SMILES string of the molecule is Cc1ccc(CNC(=O)CCC(=O)c2ccc(Cl)s2)cc1. The molecule has 0 radical (unpaired) electrons. The summed E-state index contributed by atoms with van der Waals surface area (Å²) in [6.07, 6.45) is 0.400. The normalized spacial score (nSPS) is 10.4. The van der Waals surface area contributed by atoms with Crippen molar-refractivity contribution in [3.05, 3.63) is 56.7 Å². The number of Topliss-reactive ketones (excluding diaryl/α,β-unsaturated/α-hetero) is 1. The van der Waals surface area contributed by atoms with Gasteiger partial charge in [0.2, 0.25) is 5.91 Å². The first kappa shape index (κ1) is 15.7. The number of nitrogens with one attached hydrogen (secondary N) is 1. The van der Waals surface area contributed by atoms with Crippen molar-refractivity contribution < 1.29 is 9.59 Å². The van der Waals surface area contributed by atoms with Crippen LogP contribution in [-0.4, -0.2) is 11.7 Å². The standard InChI is InChI=1S/C16H16ClNO2S/c1-11-2-4-12(5-3-11)10-18-16(20)9-6-13(19)14-7-8-15(17)21-14/h2-5,7-8H,6,9-10H2,1H3,(H,18,20). The minimum Gasteiger partial charge on any atom is -0.352 e. The van der Waals surface area contributed by atoms with Gasteiger partial charge in [-0.3, -0.25) is 9.59 Å². The van der Waals surface area contributed by atoms with Crippen molar-refractivity contribution in [2.24, 2.45) is 0 Å². The minimum absolute atomic E-state index is 0.0441. The Bertz CT molecular complexity index is 634. The Morgan fingerprint density at radius 3 is 2.43 bits per heavy atom. The fourth-order valence-electron chi connectivity index (χ4n) is 1.81. The second kappa shape index (κ2) is 7.38. The molecule has 3 nitrogen and oxygen atoms in total. The molecule has 21 heavy (non-hydrogen) atoms. The summed E-state index contributed by atoms with van der Waals surface area (Å²) in [6, 6.07) is 11.4. The van der Waals surface area contributed by atoms with Crippen molar-refractivity contribution in [2.45, 2.75) is 26.3 Å². The molecule has 1 heterocycles. The lowest BCUT2D eigenvalue weighted by Crippen LogP contribution is -2.23. The summed E-state index contributed by atoms with van der Waals surface area (Å²) in [6.45, 7) is 2.50. The van der Waals surface area contributed by atoms with Gasteiger partial charge >= 0.3 is 0 Å². The lowest BCUT2D eigenvalue weighted by molar-refractivity contribution is -0.121. The van der Waals surface area contributed by atoms with Gasteiger partial charge in [-0.15, -0.1) is 11.3 Å². The number of carbonyl (C=O) groups is 2. The van der Waals surface area contributed by atoms with Crippen LogP contribution in [0.5, 0.6) is 0 Å². The van der Waals surface area contributed by atoms with E-state index in [1.54, 1.807) is 12.1 Å². The molecule has 1 aromatic heterocycles. The molecule has 1 N–H and O–H groups in total. The quantitative estimate of drug-likeness (QED) is 0.818. The number of hydrogen-bond donors (Lipinski definition) is 1. The van der Waals surface area contributed by atoms with E-state index >= 15 is 0 Å². The average molecular weight is 322 g/mol. The summed E-state index contributed by atoms with van der Waals surface area (Å²) in [4.78, 5) is 24.2. The molecule has 0 atom stereocenters. The van der Waals surface area contributed by atoms with E-state index in [2.05, 4.69) is 5.32 Å². The van der Waals surface area contributed by atoms with Crippen LogP contribution in [0.25, 0.3) is 0 Å². The third-order valence-corrected chi connectivity index (χ3v) is 4.31. The highest BCUT2D eigenvalue weighted by atomic mass is 35.5. The van der Waals surface area contributed by atoms with Crippen LogP contribution in [0.3, 0.4) is 0 Å². The number of rotatable bonds is 6. The van der Waals surface area contributed by atoms with Crippen LogP contribution in [0.2, 0.25) is 4.34 Å². The van der Waals surface area contributed by atoms with Crippen LogP contribution < -0.4 is 5.32 Å². The van der Waals surface area contributed by atoms with Crippen molar-refractivity contribution in [3.8, 4) is 0 Å². The number of ketones is 1. The largest absolute Gasteiger partial charge is 0.352 e. The summed E-state index contributed by atoms with van der Waals surface area (Å²) in [5, 5.41) is 2.82. The molecular weight excluding hydrogens is 306 g/mol. The molecule has 1 aromatic carbocycles. The second-order valence-electron chi connectivity index (χ2n) is 4.79. The van der Waals surface area contributed by atoms with Crippen LogP contribution >= 0.6 is 22.9 Å². The van der Waals surface area contributed by atoms with E-state index in [1.807, 2.05) is 31.2 Å². The molecule has 0 bridgehead atoms. The molecular formula is C16H16ClNO2S. The fourth-order valence-corrected chi connectivity index (χ4v) is 2.82. The molecule has 0 saturated carbocycles. The summed E-state index contributed by atoms with van der Waals surface area (Å²) >= 11 is 7.03. The van der Waals surface area contributed by atoms with E-state index < -0.39 is 0 Å².